The third-order valence-corrected chi connectivity index (χ3v) is 6.46. The van der Waals surface area contributed by atoms with Crippen molar-refractivity contribution in [3.05, 3.63) is 59.1 Å². The highest BCUT2D eigenvalue weighted by Gasteiger charge is 2.32. The number of carbonyl (C=O) groups excluding carboxylic acids is 1. The van der Waals surface area contributed by atoms with E-state index in [0.717, 1.165) is 46.2 Å². The molecule has 0 unspecified atom stereocenters. The molecule has 1 aliphatic heterocycles. The molecule has 1 aromatic heterocycles. The van der Waals surface area contributed by atoms with Crippen LogP contribution in [0.3, 0.4) is 0 Å². The van der Waals surface area contributed by atoms with Crippen LogP contribution in [0.5, 0.6) is 17.2 Å². The number of ether oxygens (including phenoxy) is 3. The summed E-state index contributed by atoms with van der Waals surface area (Å²) < 4.78 is 16.7. The Kier molecular flexibility index (Phi) is 6.42. The number of nitrogens with zero attached hydrogens (tertiary/aromatic N) is 2. The molecule has 3 aromatic rings. The third kappa shape index (κ3) is 4.66. The molecule has 2 aromatic carbocycles. The van der Waals surface area contributed by atoms with E-state index in [9.17, 15) is 4.79 Å². The largest absolute Gasteiger partial charge is 0.497 e. The molecule has 162 valence electrons. The zero-order valence-electron chi connectivity index (χ0n) is 18.0. The van der Waals surface area contributed by atoms with E-state index in [0.29, 0.717) is 12.3 Å². The maximum absolute atomic E-state index is 13.0. The molecule has 2 heterocycles. The van der Waals surface area contributed by atoms with Gasteiger partial charge in [-0.15, -0.1) is 11.3 Å². The number of likely N-dealkylation sites (tertiary alicyclic amines) is 1. The molecule has 0 N–H and O–H groups in total. The van der Waals surface area contributed by atoms with E-state index < -0.39 is 0 Å². The van der Waals surface area contributed by atoms with Crippen molar-refractivity contribution in [2.75, 3.05) is 27.4 Å². The molecule has 0 bridgehead atoms. The highest BCUT2D eigenvalue weighted by molar-refractivity contribution is 7.13. The molecule has 1 saturated heterocycles. The Labute approximate surface area is 186 Å². The lowest BCUT2D eigenvalue weighted by Gasteiger charge is -2.26. The summed E-state index contributed by atoms with van der Waals surface area (Å²) in [5.41, 5.74) is 3.02. The summed E-state index contributed by atoms with van der Waals surface area (Å²) in [4.78, 5) is 19.3. The monoisotopic (exact) mass is 438 g/mol. The maximum atomic E-state index is 13.0. The first-order chi connectivity index (χ1) is 15.1. The second-order valence-corrected chi connectivity index (χ2v) is 8.32. The van der Waals surface area contributed by atoms with Crippen LogP contribution in [0, 0.1) is 6.92 Å². The Balaban J connectivity index is 1.42. The summed E-state index contributed by atoms with van der Waals surface area (Å²) in [6.07, 6.45) is 1.83. The van der Waals surface area contributed by atoms with Crippen molar-refractivity contribution < 1.29 is 19.0 Å². The number of hydrogen-bond donors (Lipinski definition) is 0. The molecule has 1 aliphatic rings. The number of aromatic nitrogens is 1. The lowest BCUT2D eigenvalue weighted by atomic mass is 10.0. The standard InChI is InChI=1S/C24H26N2O4S/c1-16-15-31-24(25-16)17-6-8-18(9-7-17)30-14-23(27)26-12-4-5-21(26)20-13-19(28-2)10-11-22(20)29-3/h6-11,13,15,21H,4-5,12,14H2,1-3H3/t21-/m0/s1. The number of rotatable bonds is 7. The SMILES string of the molecule is COc1ccc(OC)c([C@@H]2CCCN2C(=O)COc2ccc(-c3nc(C)cs3)cc2)c1. The Morgan fingerprint density at radius 2 is 1.90 bits per heavy atom. The van der Waals surface area contributed by atoms with Gasteiger partial charge in [-0.3, -0.25) is 4.79 Å². The van der Waals surface area contributed by atoms with Crippen LogP contribution in [0.1, 0.15) is 30.1 Å². The normalized spacial score (nSPS) is 15.7. The molecule has 1 fully saturated rings. The van der Waals surface area contributed by atoms with Crippen LogP contribution in [-0.2, 0) is 4.79 Å². The van der Waals surface area contributed by atoms with E-state index >= 15 is 0 Å². The van der Waals surface area contributed by atoms with Gasteiger partial charge in [-0.1, -0.05) is 0 Å². The van der Waals surface area contributed by atoms with Gasteiger partial charge in [-0.25, -0.2) is 4.98 Å². The highest BCUT2D eigenvalue weighted by Crippen LogP contribution is 2.39. The quantitative estimate of drug-likeness (QED) is 0.526. The van der Waals surface area contributed by atoms with Crippen LogP contribution in [0.15, 0.2) is 47.8 Å². The van der Waals surface area contributed by atoms with E-state index in [2.05, 4.69) is 4.98 Å². The molecular formula is C24H26N2O4S. The van der Waals surface area contributed by atoms with Crippen molar-refractivity contribution in [2.24, 2.45) is 0 Å². The Morgan fingerprint density at radius 3 is 2.58 bits per heavy atom. The highest BCUT2D eigenvalue weighted by atomic mass is 32.1. The zero-order chi connectivity index (χ0) is 21.8. The van der Waals surface area contributed by atoms with Crippen LogP contribution in [0.2, 0.25) is 0 Å². The second kappa shape index (κ2) is 9.39. The van der Waals surface area contributed by atoms with Crippen LogP contribution in [-0.4, -0.2) is 43.2 Å². The minimum absolute atomic E-state index is 0.00150. The first-order valence-electron chi connectivity index (χ1n) is 10.3. The number of carbonyl (C=O) groups is 1. The lowest BCUT2D eigenvalue weighted by molar-refractivity contribution is -0.134. The van der Waals surface area contributed by atoms with E-state index in [1.807, 2.05) is 59.7 Å². The fourth-order valence-electron chi connectivity index (χ4n) is 3.90. The number of hydrogen-bond acceptors (Lipinski definition) is 6. The summed E-state index contributed by atoms with van der Waals surface area (Å²) in [5, 5.41) is 3.01. The number of aryl methyl sites for hydroxylation is 1. The van der Waals surface area contributed by atoms with Gasteiger partial charge in [0.15, 0.2) is 6.61 Å². The summed E-state index contributed by atoms with van der Waals surface area (Å²) in [6, 6.07) is 13.4. The molecule has 6 nitrogen and oxygen atoms in total. The smallest absolute Gasteiger partial charge is 0.261 e. The Morgan fingerprint density at radius 1 is 1.13 bits per heavy atom. The van der Waals surface area contributed by atoms with Crippen LogP contribution >= 0.6 is 11.3 Å². The molecule has 31 heavy (non-hydrogen) atoms. The summed E-state index contributed by atoms with van der Waals surface area (Å²) in [6.45, 7) is 2.68. The number of amides is 1. The minimum atomic E-state index is -0.0448. The van der Waals surface area contributed by atoms with Gasteiger partial charge in [-0.05, 0) is 62.2 Å². The molecule has 0 saturated carbocycles. The van der Waals surface area contributed by atoms with Gasteiger partial charge >= 0.3 is 0 Å². The first-order valence-corrected chi connectivity index (χ1v) is 11.1. The third-order valence-electron chi connectivity index (χ3n) is 5.45. The molecule has 7 heteroatoms. The Bertz CT molecular complexity index is 1050. The van der Waals surface area contributed by atoms with E-state index in [1.54, 1.807) is 25.6 Å². The van der Waals surface area contributed by atoms with E-state index in [4.69, 9.17) is 14.2 Å². The fraction of sp³-hybridized carbons (Fsp3) is 0.333. The van der Waals surface area contributed by atoms with Gasteiger partial charge in [-0.2, -0.15) is 0 Å². The van der Waals surface area contributed by atoms with Crippen molar-refractivity contribution in [3.63, 3.8) is 0 Å². The molecular weight excluding hydrogens is 412 g/mol. The predicted molar refractivity (Wildman–Crippen MR) is 121 cm³/mol. The maximum Gasteiger partial charge on any atom is 0.261 e. The first kappa shape index (κ1) is 21.2. The average molecular weight is 439 g/mol. The topological polar surface area (TPSA) is 60.9 Å². The van der Waals surface area contributed by atoms with Crippen molar-refractivity contribution in [1.29, 1.82) is 0 Å². The molecule has 4 rings (SSSR count). The van der Waals surface area contributed by atoms with Crippen LogP contribution in [0.4, 0.5) is 0 Å². The molecule has 0 spiro atoms. The zero-order valence-corrected chi connectivity index (χ0v) is 18.8. The Hall–Kier alpha value is -3.06. The van der Waals surface area contributed by atoms with Gasteiger partial charge in [0.25, 0.3) is 5.91 Å². The lowest BCUT2D eigenvalue weighted by Crippen LogP contribution is -2.34. The van der Waals surface area contributed by atoms with Crippen molar-refractivity contribution >= 4 is 17.2 Å². The fourth-order valence-corrected chi connectivity index (χ4v) is 4.70. The van der Waals surface area contributed by atoms with Gasteiger partial charge in [0.2, 0.25) is 0 Å². The van der Waals surface area contributed by atoms with Crippen molar-refractivity contribution in [3.8, 4) is 27.8 Å². The van der Waals surface area contributed by atoms with Crippen molar-refractivity contribution in [1.82, 2.24) is 9.88 Å². The number of benzene rings is 2. The average Bonchev–Trinajstić information content (AvgIpc) is 3.46. The van der Waals surface area contributed by atoms with E-state index in [1.165, 1.54) is 0 Å². The van der Waals surface area contributed by atoms with Gasteiger partial charge in [0.05, 0.1) is 20.3 Å². The van der Waals surface area contributed by atoms with Crippen LogP contribution < -0.4 is 14.2 Å². The summed E-state index contributed by atoms with van der Waals surface area (Å²) >= 11 is 1.62. The van der Waals surface area contributed by atoms with Crippen LogP contribution in [0.25, 0.3) is 10.6 Å². The summed E-state index contributed by atoms with van der Waals surface area (Å²) in [5.74, 6) is 2.15. The van der Waals surface area contributed by atoms with Crippen molar-refractivity contribution in [2.45, 2.75) is 25.8 Å². The predicted octanol–water partition coefficient (Wildman–Crippen LogP) is 4.88. The van der Waals surface area contributed by atoms with E-state index in [-0.39, 0.29) is 18.6 Å². The molecule has 1 amide bonds. The molecule has 0 radical (unpaired) electrons. The second-order valence-electron chi connectivity index (χ2n) is 7.46. The summed E-state index contributed by atoms with van der Waals surface area (Å²) in [7, 11) is 3.28. The van der Waals surface area contributed by atoms with Gasteiger partial charge in [0.1, 0.15) is 22.3 Å². The number of thiazole rings is 1. The van der Waals surface area contributed by atoms with Gasteiger partial charge < -0.3 is 19.1 Å². The number of methoxy groups -OCH3 is 2. The molecule has 1 atom stereocenters. The molecule has 0 aliphatic carbocycles. The minimum Gasteiger partial charge on any atom is -0.497 e. The van der Waals surface area contributed by atoms with Gasteiger partial charge in [0, 0.05) is 28.7 Å².